The van der Waals surface area contributed by atoms with Crippen molar-refractivity contribution in [3.05, 3.63) is 59.1 Å². The van der Waals surface area contributed by atoms with Gasteiger partial charge in [0.2, 0.25) is 15.9 Å². The summed E-state index contributed by atoms with van der Waals surface area (Å²) in [5.74, 6) is -1.67. The molecule has 1 saturated heterocycles. The molecule has 10 heteroatoms. The Morgan fingerprint density at radius 1 is 1.07 bits per heavy atom. The van der Waals surface area contributed by atoms with Gasteiger partial charge in [-0.25, -0.2) is 17.2 Å². The molecule has 1 aliphatic rings. The summed E-state index contributed by atoms with van der Waals surface area (Å²) in [7, 11) is -3.79. The Morgan fingerprint density at radius 3 is 2.43 bits per heavy atom. The molecule has 1 fully saturated rings. The number of halogens is 3. The third kappa shape index (κ3) is 4.85. The topological polar surface area (TPSA) is 69.7 Å². The Hall–Kier alpha value is -2.07. The van der Waals surface area contributed by atoms with Crippen molar-refractivity contribution in [2.24, 2.45) is 0 Å². The molecule has 1 aliphatic heterocycles. The zero-order valence-corrected chi connectivity index (χ0v) is 16.3. The van der Waals surface area contributed by atoms with Gasteiger partial charge in [-0.1, -0.05) is 17.7 Å². The summed E-state index contributed by atoms with van der Waals surface area (Å²) in [5.41, 5.74) is 0.0294. The lowest BCUT2D eigenvalue weighted by atomic mass is 10.3. The van der Waals surface area contributed by atoms with Gasteiger partial charge in [0.15, 0.2) is 0 Å². The molecule has 2 aromatic rings. The van der Waals surface area contributed by atoms with Crippen molar-refractivity contribution in [3.63, 3.8) is 0 Å². The molecule has 0 spiro atoms. The lowest BCUT2D eigenvalue weighted by Gasteiger charge is -2.33. The number of hydrogen-bond acceptors (Lipinski definition) is 4. The summed E-state index contributed by atoms with van der Waals surface area (Å²) in [6.45, 7) is 0.981. The first-order valence-electron chi connectivity index (χ1n) is 8.49. The maximum atomic E-state index is 13.7. The standard InChI is InChI=1S/C18H18ClF2N3O3S/c19-13-4-5-17(16(21)10-13)22-18(25)12-23-6-8-24(9-7-23)28(26,27)15-3-1-2-14(20)11-15/h1-5,10-11H,6-9,12H2,(H,22,25). The third-order valence-corrected chi connectivity index (χ3v) is 6.47. The number of piperazine rings is 1. The summed E-state index contributed by atoms with van der Waals surface area (Å²) in [6.07, 6.45) is 0. The van der Waals surface area contributed by atoms with Crippen molar-refractivity contribution in [2.45, 2.75) is 4.90 Å². The fourth-order valence-electron chi connectivity index (χ4n) is 2.89. The predicted molar refractivity (Wildman–Crippen MR) is 102 cm³/mol. The van der Waals surface area contributed by atoms with Crippen LogP contribution >= 0.6 is 11.6 Å². The molecular weight excluding hydrogens is 412 g/mol. The van der Waals surface area contributed by atoms with Crippen molar-refractivity contribution in [2.75, 3.05) is 38.0 Å². The van der Waals surface area contributed by atoms with Crippen molar-refractivity contribution in [1.29, 1.82) is 0 Å². The van der Waals surface area contributed by atoms with E-state index in [1.807, 2.05) is 0 Å². The van der Waals surface area contributed by atoms with E-state index in [2.05, 4.69) is 5.32 Å². The molecule has 150 valence electrons. The van der Waals surface area contributed by atoms with Crippen molar-refractivity contribution in [1.82, 2.24) is 9.21 Å². The van der Waals surface area contributed by atoms with Crippen molar-refractivity contribution in [3.8, 4) is 0 Å². The quantitative estimate of drug-likeness (QED) is 0.793. The van der Waals surface area contributed by atoms with Gasteiger partial charge in [0, 0.05) is 31.2 Å². The summed E-state index contributed by atoms with van der Waals surface area (Å²) in [5, 5.41) is 2.70. The second-order valence-electron chi connectivity index (χ2n) is 6.31. The monoisotopic (exact) mass is 429 g/mol. The van der Waals surface area contributed by atoms with E-state index >= 15 is 0 Å². The first-order valence-corrected chi connectivity index (χ1v) is 10.3. The minimum Gasteiger partial charge on any atom is -0.322 e. The summed E-state index contributed by atoms with van der Waals surface area (Å²) in [4.78, 5) is 13.8. The summed E-state index contributed by atoms with van der Waals surface area (Å²) in [6, 6.07) is 8.80. The highest BCUT2D eigenvalue weighted by Crippen LogP contribution is 2.20. The highest BCUT2D eigenvalue weighted by Gasteiger charge is 2.29. The number of rotatable bonds is 5. The van der Waals surface area contributed by atoms with E-state index < -0.39 is 27.6 Å². The molecule has 3 rings (SSSR count). The van der Waals surface area contributed by atoms with E-state index in [-0.39, 0.29) is 35.2 Å². The van der Waals surface area contributed by atoms with E-state index in [0.717, 1.165) is 12.1 Å². The number of amides is 1. The van der Waals surface area contributed by atoms with Crippen molar-refractivity contribution < 1.29 is 22.0 Å². The summed E-state index contributed by atoms with van der Waals surface area (Å²) < 4.78 is 53.5. The van der Waals surface area contributed by atoms with E-state index in [0.29, 0.717) is 13.1 Å². The Morgan fingerprint density at radius 2 is 1.79 bits per heavy atom. The highest BCUT2D eigenvalue weighted by molar-refractivity contribution is 7.89. The third-order valence-electron chi connectivity index (χ3n) is 4.34. The van der Waals surface area contributed by atoms with Gasteiger partial charge in [0.1, 0.15) is 11.6 Å². The Labute approximate surface area is 166 Å². The van der Waals surface area contributed by atoms with Crippen LogP contribution < -0.4 is 5.32 Å². The molecule has 0 atom stereocenters. The number of anilines is 1. The van der Waals surface area contributed by atoms with Crippen LogP contribution in [0.15, 0.2) is 47.4 Å². The van der Waals surface area contributed by atoms with Crippen LogP contribution in [0.4, 0.5) is 14.5 Å². The van der Waals surface area contributed by atoms with Crippen LogP contribution in [0.1, 0.15) is 0 Å². The number of carbonyl (C=O) groups is 1. The van der Waals surface area contributed by atoms with Gasteiger partial charge in [0.25, 0.3) is 0 Å². The Kier molecular flexibility index (Phi) is 6.29. The molecular formula is C18H18ClF2N3O3S. The Balaban J connectivity index is 1.56. The molecule has 0 aromatic heterocycles. The number of carbonyl (C=O) groups excluding carboxylic acids is 1. The minimum atomic E-state index is -3.79. The van der Waals surface area contributed by atoms with Gasteiger partial charge >= 0.3 is 0 Å². The fraction of sp³-hybridized carbons (Fsp3) is 0.278. The molecule has 1 heterocycles. The average Bonchev–Trinajstić information content (AvgIpc) is 2.64. The molecule has 6 nitrogen and oxygen atoms in total. The molecule has 0 saturated carbocycles. The van der Waals surface area contributed by atoms with Gasteiger partial charge in [-0.3, -0.25) is 9.69 Å². The molecule has 0 unspecified atom stereocenters. The van der Waals surface area contributed by atoms with Gasteiger partial charge in [-0.15, -0.1) is 0 Å². The fourth-order valence-corrected chi connectivity index (χ4v) is 4.50. The number of hydrogen-bond donors (Lipinski definition) is 1. The van der Waals surface area contributed by atoms with Gasteiger partial charge in [-0.05, 0) is 36.4 Å². The molecule has 28 heavy (non-hydrogen) atoms. The van der Waals surface area contributed by atoms with Crippen LogP contribution in [0.25, 0.3) is 0 Å². The molecule has 1 amide bonds. The predicted octanol–water partition coefficient (Wildman–Crippen LogP) is 2.56. The summed E-state index contributed by atoms with van der Waals surface area (Å²) >= 11 is 5.68. The number of sulfonamides is 1. The van der Waals surface area contributed by atoms with Crippen LogP contribution in [0.2, 0.25) is 5.02 Å². The normalized spacial score (nSPS) is 16.1. The lowest BCUT2D eigenvalue weighted by molar-refractivity contribution is -0.117. The molecule has 0 aliphatic carbocycles. The largest absolute Gasteiger partial charge is 0.322 e. The van der Waals surface area contributed by atoms with E-state index in [1.54, 1.807) is 4.90 Å². The second-order valence-corrected chi connectivity index (χ2v) is 8.68. The van der Waals surface area contributed by atoms with Crippen LogP contribution in [0.3, 0.4) is 0 Å². The SMILES string of the molecule is O=C(CN1CCN(S(=O)(=O)c2cccc(F)c2)CC1)Nc1ccc(Cl)cc1F. The zero-order valence-electron chi connectivity index (χ0n) is 14.7. The zero-order chi connectivity index (χ0) is 20.3. The first-order chi connectivity index (χ1) is 13.3. The number of nitrogens with zero attached hydrogens (tertiary/aromatic N) is 2. The van der Waals surface area contributed by atoms with E-state index in [1.165, 1.54) is 34.6 Å². The van der Waals surface area contributed by atoms with Gasteiger partial charge in [-0.2, -0.15) is 4.31 Å². The van der Waals surface area contributed by atoms with Crippen LogP contribution in [-0.2, 0) is 14.8 Å². The Bertz CT molecular complexity index is 980. The first kappa shape index (κ1) is 20.7. The maximum Gasteiger partial charge on any atom is 0.243 e. The van der Waals surface area contributed by atoms with E-state index in [4.69, 9.17) is 11.6 Å². The minimum absolute atomic E-state index is 0.00405. The smallest absolute Gasteiger partial charge is 0.243 e. The number of benzene rings is 2. The second kappa shape index (κ2) is 8.52. The van der Waals surface area contributed by atoms with Crippen LogP contribution in [0, 0.1) is 11.6 Å². The van der Waals surface area contributed by atoms with E-state index in [9.17, 15) is 22.0 Å². The molecule has 1 N–H and O–H groups in total. The lowest BCUT2D eigenvalue weighted by Crippen LogP contribution is -2.50. The highest BCUT2D eigenvalue weighted by atomic mass is 35.5. The number of nitrogens with one attached hydrogen (secondary N) is 1. The van der Waals surface area contributed by atoms with Crippen LogP contribution in [0.5, 0.6) is 0 Å². The maximum absolute atomic E-state index is 13.7. The van der Waals surface area contributed by atoms with Crippen molar-refractivity contribution >= 4 is 33.2 Å². The molecule has 0 radical (unpaired) electrons. The van der Waals surface area contributed by atoms with Gasteiger partial charge < -0.3 is 5.32 Å². The average molecular weight is 430 g/mol. The molecule has 2 aromatic carbocycles. The van der Waals surface area contributed by atoms with Gasteiger partial charge in [0.05, 0.1) is 17.1 Å². The van der Waals surface area contributed by atoms with Crippen LogP contribution in [-0.4, -0.2) is 56.3 Å². The molecule has 0 bridgehead atoms.